The molecule has 3 rings (SSSR count). The maximum Gasteiger partial charge on any atom is 0.251 e. The van der Waals surface area contributed by atoms with Gasteiger partial charge in [-0.15, -0.1) is 0 Å². The fourth-order valence-corrected chi connectivity index (χ4v) is 2.65. The molecule has 1 aliphatic rings. The summed E-state index contributed by atoms with van der Waals surface area (Å²) < 4.78 is 14.9. The van der Waals surface area contributed by atoms with Crippen LogP contribution in [0.4, 0.5) is 10.1 Å². The second kappa shape index (κ2) is 5.83. The van der Waals surface area contributed by atoms with Crippen molar-refractivity contribution in [1.82, 2.24) is 15.1 Å². The minimum absolute atomic E-state index is 0.162. The molecule has 0 radical (unpaired) electrons. The van der Waals surface area contributed by atoms with E-state index >= 15 is 0 Å². The molecule has 1 aromatic carbocycles. The van der Waals surface area contributed by atoms with Gasteiger partial charge in [0.05, 0.1) is 11.9 Å². The van der Waals surface area contributed by atoms with Crippen molar-refractivity contribution in [2.75, 3.05) is 11.4 Å². The Morgan fingerprint density at radius 1 is 1.43 bits per heavy atom. The van der Waals surface area contributed by atoms with E-state index in [9.17, 15) is 14.0 Å². The maximum atomic E-state index is 13.3. The SMILES string of the molecule is Cc1cc(C(=O)N[C@H]2CCN(c3cnn(C)c3)C2=O)ccc1F. The molecule has 23 heavy (non-hydrogen) atoms. The van der Waals surface area contributed by atoms with E-state index in [0.717, 1.165) is 0 Å². The fourth-order valence-electron chi connectivity index (χ4n) is 2.65. The van der Waals surface area contributed by atoms with Crippen molar-refractivity contribution in [3.8, 4) is 0 Å². The number of anilines is 1. The number of nitrogens with zero attached hydrogens (tertiary/aromatic N) is 3. The van der Waals surface area contributed by atoms with Crippen molar-refractivity contribution < 1.29 is 14.0 Å². The average molecular weight is 316 g/mol. The van der Waals surface area contributed by atoms with Gasteiger partial charge in [-0.2, -0.15) is 5.10 Å². The third-order valence-corrected chi connectivity index (χ3v) is 3.93. The van der Waals surface area contributed by atoms with Crippen LogP contribution in [0.2, 0.25) is 0 Å². The topological polar surface area (TPSA) is 67.2 Å². The molecule has 2 heterocycles. The van der Waals surface area contributed by atoms with Crippen molar-refractivity contribution >= 4 is 17.5 Å². The number of nitrogens with one attached hydrogen (secondary N) is 1. The molecule has 1 saturated heterocycles. The average Bonchev–Trinajstić information content (AvgIpc) is 3.09. The smallest absolute Gasteiger partial charge is 0.251 e. The zero-order chi connectivity index (χ0) is 16.6. The van der Waals surface area contributed by atoms with Crippen LogP contribution in [0.3, 0.4) is 0 Å². The first kappa shape index (κ1) is 15.2. The Balaban J connectivity index is 1.70. The summed E-state index contributed by atoms with van der Waals surface area (Å²) in [6.45, 7) is 2.12. The molecular formula is C16H17FN4O2. The predicted molar refractivity (Wildman–Crippen MR) is 82.6 cm³/mol. The minimum atomic E-state index is -0.576. The largest absolute Gasteiger partial charge is 0.340 e. The molecular weight excluding hydrogens is 299 g/mol. The number of aryl methyl sites for hydroxylation is 2. The van der Waals surface area contributed by atoms with Crippen molar-refractivity contribution in [3.63, 3.8) is 0 Å². The van der Waals surface area contributed by atoms with Gasteiger partial charge in [0, 0.05) is 25.4 Å². The second-order valence-electron chi connectivity index (χ2n) is 5.64. The normalized spacial score (nSPS) is 17.6. The van der Waals surface area contributed by atoms with Crippen LogP contribution in [0.5, 0.6) is 0 Å². The summed E-state index contributed by atoms with van der Waals surface area (Å²) in [6.07, 6.45) is 3.90. The Hall–Kier alpha value is -2.70. The Kier molecular flexibility index (Phi) is 3.85. The Morgan fingerprint density at radius 3 is 2.87 bits per heavy atom. The molecule has 0 aliphatic carbocycles. The van der Waals surface area contributed by atoms with E-state index < -0.39 is 6.04 Å². The fraction of sp³-hybridized carbons (Fsp3) is 0.312. The number of carbonyl (C=O) groups is 2. The van der Waals surface area contributed by atoms with E-state index in [1.165, 1.54) is 18.2 Å². The molecule has 6 nitrogen and oxygen atoms in total. The highest BCUT2D eigenvalue weighted by molar-refractivity contribution is 6.03. The Labute approximate surface area is 132 Å². The number of benzene rings is 1. The van der Waals surface area contributed by atoms with Gasteiger partial charge in [-0.25, -0.2) is 4.39 Å². The van der Waals surface area contributed by atoms with Crippen molar-refractivity contribution in [2.45, 2.75) is 19.4 Å². The van der Waals surface area contributed by atoms with Gasteiger partial charge in [0.15, 0.2) is 0 Å². The first-order valence-electron chi connectivity index (χ1n) is 7.33. The van der Waals surface area contributed by atoms with E-state index in [1.807, 2.05) is 0 Å². The quantitative estimate of drug-likeness (QED) is 0.931. The zero-order valence-electron chi connectivity index (χ0n) is 12.9. The number of hydrogen-bond acceptors (Lipinski definition) is 3. The van der Waals surface area contributed by atoms with Gasteiger partial charge in [0.2, 0.25) is 5.91 Å². The minimum Gasteiger partial charge on any atom is -0.340 e. The summed E-state index contributed by atoms with van der Waals surface area (Å²) in [4.78, 5) is 26.3. The van der Waals surface area contributed by atoms with Gasteiger partial charge < -0.3 is 10.2 Å². The molecule has 120 valence electrons. The highest BCUT2D eigenvalue weighted by Gasteiger charge is 2.34. The number of aromatic nitrogens is 2. The van der Waals surface area contributed by atoms with Crippen LogP contribution in [0.1, 0.15) is 22.3 Å². The van der Waals surface area contributed by atoms with Crippen LogP contribution >= 0.6 is 0 Å². The van der Waals surface area contributed by atoms with Crippen LogP contribution < -0.4 is 10.2 Å². The van der Waals surface area contributed by atoms with Gasteiger partial charge in [0.1, 0.15) is 11.9 Å². The van der Waals surface area contributed by atoms with E-state index in [2.05, 4.69) is 10.4 Å². The predicted octanol–water partition coefficient (Wildman–Crippen LogP) is 1.40. The van der Waals surface area contributed by atoms with Gasteiger partial charge >= 0.3 is 0 Å². The molecule has 2 amide bonds. The van der Waals surface area contributed by atoms with E-state index in [4.69, 9.17) is 0 Å². The molecule has 1 atom stereocenters. The first-order chi connectivity index (χ1) is 11.0. The molecule has 1 fully saturated rings. The van der Waals surface area contributed by atoms with Gasteiger partial charge in [-0.05, 0) is 37.1 Å². The maximum absolute atomic E-state index is 13.3. The number of amides is 2. The molecule has 0 spiro atoms. The van der Waals surface area contributed by atoms with E-state index in [0.29, 0.717) is 29.8 Å². The van der Waals surface area contributed by atoms with E-state index in [1.54, 1.807) is 35.9 Å². The van der Waals surface area contributed by atoms with Gasteiger partial charge in [0.25, 0.3) is 5.91 Å². The van der Waals surface area contributed by atoms with Crippen molar-refractivity contribution in [3.05, 3.63) is 47.5 Å². The van der Waals surface area contributed by atoms with Crippen LogP contribution in [0, 0.1) is 12.7 Å². The van der Waals surface area contributed by atoms with Crippen molar-refractivity contribution in [1.29, 1.82) is 0 Å². The lowest BCUT2D eigenvalue weighted by atomic mass is 10.1. The zero-order valence-corrected chi connectivity index (χ0v) is 12.9. The van der Waals surface area contributed by atoms with Crippen LogP contribution in [-0.4, -0.2) is 34.2 Å². The lowest BCUT2D eigenvalue weighted by molar-refractivity contribution is -0.118. The molecule has 0 unspecified atom stereocenters. The molecule has 2 aromatic rings. The van der Waals surface area contributed by atoms with E-state index in [-0.39, 0.29) is 17.6 Å². The lowest BCUT2D eigenvalue weighted by Gasteiger charge is -2.15. The summed E-state index contributed by atoms with van der Waals surface area (Å²) >= 11 is 0. The Morgan fingerprint density at radius 2 is 2.22 bits per heavy atom. The number of carbonyl (C=O) groups excluding carboxylic acids is 2. The van der Waals surface area contributed by atoms with Crippen LogP contribution in [0.15, 0.2) is 30.6 Å². The summed E-state index contributed by atoms with van der Waals surface area (Å²) in [7, 11) is 1.78. The van der Waals surface area contributed by atoms with Gasteiger partial charge in [-0.1, -0.05) is 0 Å². The molecule has 0 bridgehead atoms. The molecule has 1 N–H and O–H groups in total. The molecule has 1 aromatic heterocycles. The third kappa shape index (κ3) is 2.94. The summed E-state index contributed by atoms with van der Waals surface area (Å²) in [5, 5.41) is 6.77. The summed E-state index contributed by atoms with van der Waals surface area (Å²) in [6, 6.07) is 3.56. The lowest BCUT2D eigenvalue weighted by Crippen LogP contribution is -2.41. The standard InChI is InChI=1S/C16H17FN4O2/c1-10-7-11(3-4-13(10)17)15(22)19-14-5-6-21(16(14)23)12-8-18-20(2)9-12/h3-4,7-9,14H,5-6H2,1-2H3,(H,19,22)/t14-/m0/s1. The summed E-state index contributed by atoms with van der Waals surface area (Å²) in [5.74, 6) is -0.897. The number of halogens is 1. The monoisotopic (exact) mass is 316 g/mol. The summed E-state index contributed by atoms with van der Waals surface area (Å²) in [5.41, 5.74) is 1.45. The second-order valence-corrected chi connectivity index (χ2v) is 5.64. The number of rotatable bonds is 3. The Bertz CT molecular complexity index is 771. The molecule has 1 aliphatic heterocycles. The highest BCUT2D eigenvalue weighted by Crippen LogP contribution is 2.21. The number of hydrogen-bond donors (Lipinski definition) is 1. The molecule has 7 heteroatoms. The molecule has 0 saturated carbocycles. The van der Waals surface area contributed by atoms with Gasteiger partial charge in [-0.3, -0.25) is 14.3 Å². The van der Waals surface area contributed by atoms with Crippen molar-refractivity contribution in [2.24, 2.45) is 7.05 Å². The van der Waals surface area contributed by atoms with Crippen LogP contribution in [-0.2, 0) is 11.8 Å². The highest BCUT2D eigenvalue weighted by atomic mass is 19.1. The van der Waals surface area contributed by atoms with Crippen LogP contribution in [0.25, 0.3) is 0 Å². The first-order valence-corrected chi connectivity index (χ1v) is 7.33. The third-order valence-electron chi connectivity index (χ3n) is 3.93.